The van der Waals surface area contributed by atoms with Crippen molar-refractivity contribution < 1.29 is 42.0 Å². The Kier molecular flexibility index (Phi) is 14.3. The molecular weight excluding hydrogens is 895 g/mol. The lowest BCUT2D eigenvalue weighted by atomic mass is 9.93. The number of carbonyl (C=O) groups is 1. The van der Waals surface area contributed by atoms with Crippen LogP contribution in [0.3, 0.4) is 0 Å². The number of fused-ring (bicyclic) bond motifs is 2. The van der Waals surface area contributed by atoms with Gasteiger partial charge in [0, 0.05) is 87.3 Å². The van der Waals surface area contributed by atoms with Crippen molar-refractivity contribution in [1.29, 1.82) is 0 Å². The molecule has 2 fully saturated rings. The molecule has 0 saturated carbocycles. The van der Waals surface area contributed by atoms with Gasteiger partial charge in [0.15, 0.2) is 5.76 Å². The molecule has 0 unspecified atom stereocenters. The predicted molar refractivity (Wildman–Crippen MR) is 247 cm³/mol. The van der Waals surface area contributed by atoms with Crippen LogP contribution in [0.1, 0.15) is 49.9 Å². The summed E-state index contributed by atoms with van der Waals surface area (Å²) in [7, 11) is 2.08. The summed E-state index contributed by atoms with van der Waals surface area (Å²) in [5.74, 6) is -0.544. The summed E-state index contributed by atoms with van der Waals surface area (Å²) < 4.78 is 68.0. The van der Waals surface area contributed by atoms with Gasteiger partial charge in [-0.2, -0.15) is 0 Å². The molecule has 18 heteroatoms. The van der Waals surface area contributed by atoms with E-state index in [1.165, 1.54) is 29.8 Å². The molecule has 5 aromatic rings. The number of benzene rings is 2. The lowest BCUT2D eigenvalue weighted by Crippen LogP contribution is -2.48. The number of allylic oxidation sites excluding steroid dienone is 4. The Balaban J connectivity index is 1.22. The number of terminal acetylenes is 1. The van der Waals surface area contributed by atoms with Crippen LogP contribution >= 0.6 is 22.9 Å². The Morgan fingerprint density at radius 3 is 2.52 bits per heavy atom. The van der Waals surface area contributed by atoms with Crippen LogP contribution in [0, 0.1) is 18.2 Å². The SMILES string of the molecule is C#C/C1=C(Cl)\C(C)=C(/CC)c2c(-c3ccc(F)cc3)sc3ncnc(c23)O[C@@H](C(=O)O)Cc2cc(ccc2OCc2ccnc(N3CCC(F)(F)CC3)n2)OC[C@@H](CN2CCN(C)CC2)O1. The minimum atomic E-state index is -2.73. The van der Waals surface area contributed by atoms with Gasteiger partial charge in [0.2, 0.25) is 17.9 Å². The molecule has 6 heterocycles. The smallest absolute Gasteiger partial charge is 0.345 e. The number of carboxylic acid groups (broad SMARTS) is 1. The minimum absolute atomic E-state index is 0.00899. The van der Waals surface area contributed by atoms with Crippen LogP contribution < -0.4 is 19.1 Å². The van der Waals surface area contributed by atoms with Crippen molar-refractivity contribution in [2.24, 2.45) is 0 Å². The van der Waals surface area contributed by atoms with Gasteiger partial charge in [-0.15, -0.1) is 17.8 Å². The number of thiophene rings is 1. The van der Waals surface area contributed by atoms with Gasteiger partial charge in [0.25, 0.3) is 5.92 Å². The molecule has 3 aliphatic rings. The first kappa shape index (κ1) is 46.6. The number of piperidine rings is 1. The number of nitrogens with zero attached hydrogens (tertiary/aromatic N) is 7. The van der Waals surface area contributed by atoms with Gasteiger partial charge in [0.1, 0.15) is 47.8 Å². The summed E-state index contributed by atoms with van der Waals surface area (Å²) in [6.45, 7) is 7.85. The highest BCUT2D eigenvalue weighted by atomic mass is 35.5. The second kappa shape index (κ2) is 20.3. The molecule has 8 rings (SSSR count). The Morgan fingerprint density at radius 1 is 1.05 bits per heavy atom. The number of aromatic nitrogens is 4. The van der Waals surface area contributed by atoms with Gasteiger partial charge in [0.05, 0.1) is 16.1 Å². The van der Waals surface area contributed by atoms with Crippen LogP contribution in [0.5, 0.6) is 17.4 Å². The summed E-state index contributed by atoms with van der Waals surface area (Å²) in [4.78, 5) is 38.8. The largest absolute Gasteiger partial charge is 0.490 e. The number of aliphatic carboxylic acids is 1. The molecular formula is C48H49ClF3N7O6S. The summed E-state index contributed by atoms with van der Waals surface area (Å²) in [6, 6.07) is 12.8. The molecule has 13 nitrogen and oxygen atoms in total. The van der Waals surface area contributed by atoms with E-state index in [4.69, 9.17) is 37.0 Å². The molecule has 0 aliphatic carbocycles. The van der Waals surface area contributed by atoms with Crippen LogP contribution in [-0.2, 0) is 22.6 Å². The third-order valence-electron chi connectivity index (χ3n) is 11.9. The molecule has 0 radical (unpaired) electrons. The second-order valence-electron chi connectivity index (χ2n) is 16.5. The standard InChI is InChI=1S/C48H49ClF3N7O6S/c1-5-36-29(3)42(49)37(6-2)64-35(25-58-21-19-57(4)20-22-58)27-62-34-11-12-38(63-26-33-13-16-53-47(56-33)59-17-14-48(51,52)15-18-59)31(23-34)24-39(46(60)61)65-44-41-40(36)43(66-45(41)55-28-54-44)30-7-9-32(50)10-8-30/h2,7-13,16,23,28,35,39H,5,14-15,17-22,24-27H2,1,3-4H3,(H,60,61)/b36-29+,42-37-/t35-,39-/m1/s1. The zero-order chi connectivity index (χ0) is 46.5. The van der Waals surface area contributed by atoms with Crippen molar-refractivity contribution in [2.45, 2.75) is 64.3 Å². The number of piperazine rings is 1. The first-order chi connectivity index (χ1) is 31.8. The average Bonchev–Trinajstić information content (AvgIpc) is 3.70. The van der Waals surface area contributed by atoms with Crippen molar-refractivity contribution >= 4 is 50.6 Å². The number of carboxylic acids is 1. The molecule has 2 bridgehead atoms. The zero-order valence-corrected chi connectivity index (χ0v) is 38.3. The van der Waals surface area contributed by atoms with Gasteiger partial charge in [-0.1, -0.05) is 30.7 Å². The molecule has 3 aromatic heterocycles. The van der Waals surface area contributed by atoms with E-state index < -0.39 is 29.9 Å². The number of hydrogen-bond donors (Lipinski definition) is 1. The molecule has 2 atom stereocenters. The Labute approximate surface area is 389 Å². The Bertz CT molecular complexity index is 2680. The molecule has 346 valence electrons. The summed E-state index contributed by atoms with van der Waals surface area (Å²) in [5.41, 5.74) is 3.58. The number of ether oxygens (including phenoxy) is 4. The number of anilines is 1. The van der Waals surface area contributed by atoms with Crippen LogP contribution in [0.4, 0.5) is 19.1 Å². The monoisotopic (exact) mass is 943 g/mol. The highest BCUT2D eigenvalue weighted by Gasteiger charge is 2.35. The molecule has 0 amide bonds. The van der Waals surface area contributed by atoms with Crippen LogP contribution in [0.2, 0.25) is 0 Å². The van der Waals surface area contributed by atoms with Gasteiger partial charge in [-0.05, 0) is 79.4 Å². The van der Waals surface area contributed by atoms with Crippen LogP contribution in [0.15, 0.2) is 77.4 Å². The van der Waals surface area contributed by atoms with Gasteiger partial charge in [-0.3, -0.25) is 4.90 Å². The molecule has 1 N–H and O–H groups in total. The fraction of sp³-hybridized carbons (Fsp3) is 0.396. The maximum atomic E-state index is 14.3. The molecule has 66 heavy (non-hydrogen) atoms. The normalized spacial score (nSPS) is 22.1. The number of likely N-dealkylation sites (N-methyl/N-ethyl adjacent to an activating group) is 1. The molecule has 0 spiro atoms. The quantitative estimate of drug-likeness (QED) is 0.142. The summed E-state index contributed by atoms with van der Waals surface area (Å²) in [6.07, 6.45) is 6.60. The van der Waals surface area contributed by atoms with Crippen molar-refractivity contribution in [3.05, 3.63) is 100 Å². The zero-order valence-electron chi connectivity index (χ0n) is 36.7. The van der Waals surface area contributed by atoms with E-state index in [9.17, 15) is 23.1 Å². The summed E-state index contributed by atoms with van der Waals surface area (Å²) >= 11 is 8.58. The number of alkyl halides is 2. The fourth-order valence-electron chi connectivity index (χ4n) is 8.23. The van der Waals surface area contributed by atoms with E-state index in [0.29, 0.717) is 73.5 Å². The van der Waals surface area contributed by atoms with E-state index >= 15 is 0 Å². The Morgan fingerprint density at radius 2 is 1.80 bits per heavy atom. The first-order valence-corrected chi connectivity index (χ1v) is 22.9. The maximum Gasteiger partial charge on any atom is 0.345 e. The van der Waals surface area contributed by atoms with Gasteiger partial charge in [-0.25, -0.2) is 37.9 Å². The highest BCUT2D eigenvalue weighted by Crippen LogP contribution is 2.47. The van der Waals surface area contributed by atoms with Crippen molar-refractivity contribution in [3.8, 4) is 40.2 Å². The van der Waals surface area contributed by atoms with E-state index in [1.54, 1.807) is 47.5 Å². The lowest BCUT2D eigenvalue weighted by molar-refractivity contribution is -0.145. The highest BCUT2D eigenvalue weighted by molar-refractivity contribution is 7.22. The number of halogens is 4. The first-order valence-electron chi connectivity index (χ1n) is 21.7. The van der Waals surface area contributed by atoms with Crippen LogP contribution in [-0.4, -0.2) is 118 Å². The second-order valence-corrected chi connectivity index (χ2v) is 17.8. The van der Waals surface area contributed by atoms with E-state index in [0.717, 1.165) is 31.8 Å². The minimum Gasteiger partial charge on any atom is -0.490 e. The molecule has 3 aliphatic heterocycles. The maximum absolute atomic E-state index is 14.3. The number of hydrogen-bond acceptors (Lipinski definition) is 13. The van der Waals surface area contributed by atoms with E-state index in [2.05, 4.69) is 42.7 Å². The van der Waals surface area contributed by atoms with Gasteiger partial charge >= 0.3 is 5.97 Å². The lowest BCUT2D eigenvalue weighted by Gasteiger charge is -2.34. The van der Waals surface area contributed by atoms with E-state index in [1.807, 2.05) is 13.8 Å². The number of rotatable bonds is 9. The topological polar surface area (TPSA) is 136 Å². The van der Waals surface area contributed by atoms with Crippen molar-refractivity contribution in [1.82, 2.24) is 29.7 Å². The van der Waals surface area contributed by atoms with Crippen molar-refractivity contribution in [3.63, 3.8) is 0 Å². The fourth-order valence-corrected chi connectivity index (χ4v) is 9.61. The molecule has 2 aromatic carbocycles. The van der Waals surface area contributed by atoms with Crippen LogP contribution in [0.25, 0.3) is 26.2 Å². The van der Waals surface area contributed by atoms with Crippen molar-refractivity contribution in [2.75, 3.05) is 64.4 Å². The summed E-state index contributed by atoms with van der Waals surface area (Å²) in [5, 5.41) is 11.5. The van der Waals surface area contributed by atoms with Gasteiger partial charge < -0.3 is 33.9 Å². The Hall–Kier alpha value is -5.93. The predicted octanol–water partition coefficient (Wildman–Crippen LogP) is 8.47. The third-order valence-corrected chi connectivity index (χ3v) is 13.5. The third kappa shape index (κ3) is 10.7. The van der Waals surface area contributed by atoms with E-state index in [-0.39, 0.29) is 62.2 Å². The average molecular weight is 944 g/mol. The molecule has 2 saturated heterocycles.